The normalized spacial score (nSPS) is 10.3. The maximum absolute atomic E-state index is 9.05. The van der Waals surface area contributed by atoms with Gasteiger partial charge in [-0.3, -0.25) is 0 Å². The Morgan fingerprint density at radius 3 is 2.21 bits per heavy atom. The molecule has 2 rings (SSSR count). The minimum atomic E-state index is -0.165. The van der Waals surface area contributed by atoms with Crippen LogP contribution in [0.25, 0.3) is 0 Å². The van der Waals surface area contributed by atoms with E-state index >= 15 is 0 Å². The Labute approximate surface area is 119 Å². The molecule has 0 radical (unpaired) electrons. The number of ether oxygens (including phenoxy) is 3. The van der Waals surface area contributed by atoms with Crippen molar-refractivity contribution in [2.24, 2.45) is 0 Å². The van der Waals surface area contributed by atoms with E-state index in [1.54, 1.807) is 32.4 Å². The van der Waals surface area contributed by atoms with Crippen LogP contribution in [0.5, 0.6) is 22.4 Å². The minimum absolute atomic E-state index is 0.165. The fraction of sp³-hybridized carbons (Fsp3) is 0.250. The van der Waals surface area contributed by atoms with Crippen LogP contribution in [0.4, 0.5) is 0 Å². The van der Waals surface area contributed by atoms with Crippen molar-refractivity contribution >= 4 is 22.9 Å². The van der Waals surface area contributed by atoms with Crippen LogP contribution in [0.1, 0.15) is 4.88 Å². The van der Waals surface area contributed by atoms with Gasteiger partial charge in [0.05, 0.1) is 25.7 Å². The highest BCUT2D eigenvalue weighted by Gasteiger charge is 2.11. The summed E-state index contributed by atoms with van der Waals surface area (Å²) in [5.41, 5.74) is 0. The molecule has 0 saturated carbocycles. The van der Waals surface area contributed by atoms with Crippen LogP contribution in [-0.4, -0.2) is 24.3 Å². The Kier molecular flexibility index (Phi) is 4.47. The molecule has 5 nitrogen and oxygen atoms in total. The first-order valence-electron chi connectivity index (χ1n) is 5.33. The van der Waals surface area contributed by atoms with Gasteiger partial charge in [0, 0.05) is 18.2 Å². The van der Waals surface area contributed by atoms with Crippen molar-refractivity contribution in [1.29, 1.82) is 0 Å². The van der Waals surface area contributed by atoms with Gasteiger partial charge in [0.15, 0.2) is 0 Å². The van der Waals surface area contributed by atoms with Crippen molar-refractivity contribution in [1.82, 2.24) is 4.98 Å². The molecule has 7 heteroatoms. The van der Waals surface area contributed by atoms with Crippen LogP contribution in [-0.2, 0) is 6.61 Å². The van der Waals surface area contributed by atoms with Crippen molar-refractivity contribution in [2.45, 2.75) is 6.61 Å². The van der Waals surface area contributed by atoms with Crippen molar-refractivity contribution < 1.29 is 19.3 Å². The lowest BCUT2D eigenvalue weighted by Gasteiger charge is -2.07. The molecular formula is C12H12ClNO4S. The monoisotopic (exact) mass is 301 g/mol. The molecule has 0 fully saturated rings. The molecule has 0 amide bonds. The average Bonchev–Trinajstić information content (AvgIpc) is 2.78. The molecule has 1 heterocycles. The second kappa shape index (κ2) is 6.10. The predicted octanol–water partition coefficient (Wildman–Crippen LogP) is 3.10. The number of rotatable bonds is 5. The predicted molar refractivity (Wildman–Crippen MR) is 72.7 cm³/mol. The summed E-state index contributed by atoms with van der Waals surface area (Å²) in [5.74, 6) is 1.74. The summed E-state index contributed by atoms with van der Waals surface area (Å²) >= 11 is 7.02. The SMILES string of the molecule is COc1cc(OC)cc(Oc2nc(Cl)c(CO)s2)c1. The Balaban J connectivity index is 2.26. The van der Waals surface area contributed by atoms with E-state index in [0.29, 0.717) is 27.3 Å². The van der Waals surface area contributed by atoms with Crippen molar-refractivity contribution in [3.63, 3.8) is 0 Å². The number of hydrogen-bond donors (Lipinski definition) is 1. The molecule has 1 N–H and O–H groups in total. The van der Waals surface area contributed by atoms with Crippen LogP contribution in [0.2, 0.25) is 5.15 Å². The largest absolute Gasteiger partial charge is 0.496 e. The summed E-state index contributed by atoms with van der Waals surface area (Å²) in [6.07, 6.45) is 0. The first-order valence-corrected chi connectivity index (χ1v) is 6.52. The lowest BCUT2D eigenvalue weighted by atomic mass is 10.3. The van der Waals surface area contributed by atoms with Gasteiger partial charge in [0.25, 0.3) is 5.19 Å². The quantitative estimate of drug-likeness (QED) is 0.919. The molecule has 0 spiro atoms. The zero-order valence-corrected chi connectivity index (χ0v) is 11.9. The Morgan fingerprint density at radius 1 is 1.16 bits per heavy atom. The summed E-state index contributed by atoms with van der Waals surface area (Å²) in [6.45, 7) is -0.165. The van der Waals surface area contributed by atoms with E-state index in [1.165, 1.54) is 11.3 Å². The summed E-state index contributed by atoms with van der Waals surface area (Å²) in [5, 5.41) is 9.65. The lowest BCUT2D eigenvalue weighted by Crippen LogP contribution is -1.89. The molecular weight excluding hydrogens is 290 g/mol. The van der Waals surface area contributed by atoms with Crippen LogP contribution >= 0.6 is 22.9 Å². The molecule has 102 valence electrons. The van der Waals surface area contributed by atoms with E-state index in [9.17, 15) is 0 Å². The van der Waals surface area contributed by atoms with Gasteiger partial charge in [-0.1, -0.05) is 22.9 Å². The van der Waals surface area contributed by atoms with Gasteiger partial charge in [0.2, 0.25) is 0 Å². The number of halogens is 1. The third kappa shape index (κ3) is 3.28. The number of methoxy groups -OCH3 is 2. The summed E-state index contributed by atoms with van der Waals surface area (Å²) in [4.78, 5) is 4.57. The second-order valence-corrected chi connectivity index (χ2v) is 4.91. The molecule has 0 aliphatic heterocycles. The van der Waals surface area contributed by atoms with Crippen LogP contribution in [0.3, 0.4) is 0 Å². The maximum Gasteiger partial charge on any atom is 0.280 e. The van der Waals surface area contributed by atoms with Crippen molar-refractivity contribution in [3.8, 4) is 22.4 Å². The Bertz CT molecular complexity index is 551. The zero-order chi connectivity index (χ0) is 13.8. The van der Waals surface area contributed by atoms with Gasteiger partial charge in [0.1, 0.15) is 22.4 Å². The molecule has 0 atom stereocenters. The molecule has 19 heavy (non-hydrogen) atoms. The van der Waals surface area contributed by atoms with E-state index < -0.39 is 0 Å². The van der Waals surface area contributed by atoms with Gasteiger partial charge in [-0.2, -0.15) is 4.98 Å². The fourth-order valence-electron chi connectivity index (χ4n) is 1.40. The summed E-state index contributed by atoms with van der Waals surface area (Å²) < 4.78 is 15.9. The van der Waals surface area contributed by atoms with Crippen LogP contribution in [0, 0.1) is 0 Å². The Hall–Kier alpha value is -1.50. The number of aliphatic hydroxyl groups is 1. The molecule has 1 aromatic carbocycles. The smallest absolute Gasteiger partial charge is 0.280 e. The minimum Gasteiger partial charge on any atom is -0.496 e. The third-order valence-electron chi connectivity index (χ3n) is 2.30. The standard InChI is InChI=1S/C12H12ClNO4S/c1-16-7-3-8(17-2)5-9(4-7)18-12-14-11(13)10(6-15)19-12/h3-5,15H,6H2,1-2H3. The average molecular weight is 302 g/mol. The zero-order valence-electron chi connectivity index (χ0n) is 10.3. The highest BCUT2D eigenvalue weighted by atomic mass is 35.5. The van der Waals surface area contributed by atoms with Gasteiger partial charge in [-0.05, 0) is 0 Å². The van der Waals surface area contributed by atoms with Crippen LogP contribution in [0.15, 0.2) is 18.2 Å². The lowest BCUT2D eigenvalue weighted by molar-refractivity contribution is 0.285. The van der Waals surface area contributed by atoms with Crippen molar-refractivity contribution in [3.05, 3.63) is 28.2 Å². The van der Waals surface area contributed by atoms with Crippen LogP contribution < -0.4 is 14.2 Å². The number of aromatic nitrogens is 1. The molecule has 0 unspecified atom stereocenters. The van der Waals surface area contributed by atoms with E-state index in [4.69, 9.17) is 30.9 Å². The van der Waals surface area contributed by atoms with E-state index in [-0.39, 0.29) is 11.8 Å². The number of benzene rings is 1. The molecule has 0 saturated heterocycles. The number of nitrogens with zero attached hydrogens (tertiary/aromatic N) is 1. The maximum atomic E-state index is 9.05. The van der Waals surface area contributed by atoms with E-state index in [1.807, 2.05) is 0 Å². The highest BCUT2D eigenvalue weighted by molar-refractivity contribution is 7.13. The fourth-order valence-corrected chi connectivity index (χ4v) is 2.38. The first-order chi connectivity index (χ1) is 9.16. The summed E-state index contributed by atoms with van der Waals surface area (Å²) in [6, 6.07) is 5.15. The van der Waals surface area contributed by atoms with Crippen molar-refractivity contribution in [2.75, 3.05) is 14.2 Å². The topological polar surface area (TPSA) is 60.8 Å². The number of aliphatic hydroxyl groups excluding tert-OH is 1. The van der Waals surface area contributed by atoms with Gasteiger partial charge in [-0.25, -0.2) is 0 Å². The number of thiazole rings is 1. The molecule has 2 aromatic rings. The van der Waals surface area contributed by atoms with Gasteiger partial charge >= 0.3 is 0 Å². The van der Waals surface area contributed by atoms with Gasteiger partial charge < -0.3 is 19.3 Å². The third-order valence-corrected chi connectivity index (χ3v) is 3.65. The highest BCUT2D eigenvalue weighted by Crippen LogP contribution is 2.35. The first kappa shape index (κ1) is 13.9. The molecule has 0 bridgehead atoms. The molecule has 0 aliphatic rings. The second-order valence-electron chi connectivity index (χ2n) is 3.50. The molecule has 1 aromatic heterocycles. The summed E-state index contributed by atoms with van der Waals surface area (Å²) in [7, 11) is 3.12. The van der Waals surface area contributed by atoms with E-state index in [2.05, 4.69) is 4.98 Å². The number of hydrogen-bond acceptors (Lipinski definition) is 6. The van der Waals surface area contributed by atoms with Gasteiger partial charge in [-0.15, -0.1) is 0 Å². The Morgan fingerprint density at radius 2 is 1.74 bits per heavy atom. The molecule has 0 aliphatic carbocycles. The van der Waals surface area contributed by atoms with E-state index in [0.717, 1.165) is 0 Å².